The molecule has 1 N–H and O–H groups in total. The summed E-state index contributed by atoms with van der Waals surface area (Å²) in [6, 6.07) is 7.08. The Labute approximate surface area is 122 Å². The lowest BCUT2D eigenvalue weighted by Gasteiger charge is -2.26. The fourth-order valence-corrected chi connectivity index (χ4v) is 3.25. The monoisotopic (exact) mass is 274 g/mol. The van der Waals surface area contributed by atoms with Gasteiger partial charge >= 0.3 is 0 Å². The molecule has 1 aromatic rings. The number of fused-ring (bicyclic) bond motifs is 1. The van der Waals surface area contributed by atoms with Gasteiger partial charge < -0.3 is 15.0 Å². The van der Waals surface area contributed by atoms with E-state index in [0.29, 0.717) is 11.5 Å². The molecule has 3 rings (SSSR count). The van der Waals surface area contributed by atoms with E-state index < -0.39 is 0 Å². The summed E-state index contributed by atoms with van der Waals surface area (Å²) in [5, 5.41) is 3.39. The van der Waals surface area contributed by atoms with Gasteiger partial charge in [-0.2, -0.15) is 0 Å². The summed E-state index contributed by atoms with van der Waals surface area (Å²) in [6.45, 7) is 11.1. The molecule has 0 saturated carbocycles. The molecule has 1 fully saturated rings. The molecule has 0 radical (unpaired) electrons. The molecule has 0 aromatic heterocycles. The van der Waals surface area contributed by atoms with Gasteiger partial charge in [-0.05, 0) is 57.0 Å². The highest BCUT2D eigenvalue weighted by Gasteiger charge is 2.35. The number of ether oxygens (including phenoxy) is 1. The van der Waals surface area contributed by atoms with Gasteiger partial charge in [0.25, 0.3) is 0 Å². The summed E-state index contributed by atoms with van der Waals surface area (Å²) < 4.78 is 6.09. The van der Waals surface area contributed by atoms with E-state index in [1.807, 2.05) is 0 Å². The number of anilines is 1. The van der Waals surface area contributed by atoms with Crippen molar-refractivity contribution in [3.63, 3.8) is 0 Å². The molecule has 3 heteroatoms. The third-order valence-corrected chi connectivity index (χ3v) is 4.69. The highest BCUT2D eigenvalue weighted by Crippen LogP contribution is 2.33. The minimum absolute atomic E-state index is 0.293. The first-order chi connectivity index (χ1) is 9.56. The molecule has 0 bridgehead atoms. The standard InChI is InChI=1S/C17H26N2O/c1-13(2)19-9-7-17(3,11-19)12-20-15-4-5-16-14(10-15)6-8-18-16/h4-5,10,13,18H,6-9,11-12H2,1-3H3. The number of rotatable bonds is 4. The maximum atomic E-state index is 6.09. The van der Waals surface area contributed by atoms with E-state index in [2.05, 4.69) is 49.2 Å². The Morgan fingerprint density at radius 2 is 2.25 bits per heavy atom. The summed E-state index contributed by atoms with van der Waals surface area (Å²) in [5.74, 6) is 1.02. The topological polar surface area (TPSA) is 24.5 Å². The van der Waals surface area contributed by atoms with E-state index in [9.17, 15) is 0 Å². The SMILES string of the molecule is CC(C)N1CCC(C)(COc2ccc3c(c2)CCN3)C1. The molecule has 110 valence electrons. The van der Waals surface area contributed by atoms with Crippen molar-refractivity contribution in [2.45, 2.75) is 39.7 Å². The fourth-order valence-electron chi connectivity index (χ4n) is 3.25. The normalized spacial score (nSPS) is 25.8. The van der Waals surface area contributed by atoms with Crippen LogP contribution in [0.5, 0.6) is 5.75 Å². The smallest absolute Gasteiger partial charge is 0.119 e. The van der Waals surface area contributed by atoms with Gasteiger partial charge in [0.1, 0.15) is 5.75 Å². The van der Waals surface area contributed by atoms with Crippen LogP contribution >= 0.6 is 0 Å². The number of likely N-dealkylation sites (tertiary alicyclic amines) is 1. The zero-order chi connectivity index (χ0) is 14.2. The molecule has 0 spiro atoms. The van der Waals surface area contributed by atoms with Gasteiger partial charge in [-0.25, -0.2) is 0 Å². The maximum Gasteiger partial charge on any atom is 0.119 e. The van der Waals surface area contributed by atoms with Gasteiger partial charge in [-0.1, -0.05) is 6.92 Å². The summed E-state index contributed by atoms with van der Waals surface area (Å²) in [5.41, 5.74) is 2.96. The minimum atomic E-state index is 0.293. The summed E-state index contributed by atoms with van der Waals surface area (Å²) in [6.07, 6.45) is 2.35. The molecular weight excluding hydrogens is 248 g/mol. The average molecular weight is 274 g/mol. The first-order valence-corrected chi connectivity index (χ1v) is 7.79. The van der Waals surface area contributed by atoms with Crippen LogP contribution < -0.4 is 10.1 Å². The van der Waals surface area contributed by atoms with Crippen LogP contribution in [0.1, 0.15) is 32.8 Å². The van der Waals surface area contributed by atoms with Gasteiger partial charge in [0.15, 0.2) is 0 Å². The Morgan fingerprint density at radius 1 is 1.40 bits per heavy atom. The molecular formula is C17H26N2O. The second-order valence-electron chi connectivity index (χ2n) is 6.91. The highest BCUT2D eigenvalue weighted by molar-refractivity contribution is 5.57. The van der Waals surface area contributed by atoms with Crippen molar-refractivity contribution in [2.24, 2.45) is 5.41 Å². The lowest BCUT2D eigenvalue weighted by atomic mass is 9.91. The van der Waals surface area contributed by atoms with Crippen molar-refractivity contribution in [3.8, 4) is 5.75 Å². The van der Waals surface area contributed by atoms with Crippen molar-refractivity contribution in [3.05, 3.63) is 23.8 Å². The molecule has 2 aliphatic heterocycles. The third kappa shape index (κ3) is 2.78. The van der Waals surface area contributed by atoms with E-state index in [-0.39, 0.29) is 0 Å². The quantitative estimate of drug-likeness (QED) is 0.913. The second kappa shape index (κ2) is 5.28. The Bertz CT molecular complexity index is 486. The van der Waals surface area contributed by atoms with E-state index >= 15 is 0 Å². The molecule has 1 saturated heterocycles. The molecule has 2 aliphatic rings. The number of benzene rings is 1. The Hall–Kier alpha value is -1.22. The predicted octanol–water partition coefficient (Wildman–Crippen LogP) is 3.15. The molecule has 0 amide bonds. The number of hydrogen-bond donors (Lipinski definition) is 1. The van der Waals surface area contributed by atoms with Crippen LogP contribution in [0, 0.1) is 5.41 Å². The number of nitrogens with zero attached hydrogens (tertiary/aromatic N) is 1. The van der Waals surface area contributed by atoms with Crippen molar-refractivity contribution in [1.82, 2.24) is 4.90 Å². The van der Waals surface area contributed by atoms with Crippen LogP contribution in [-0.2, 0) is 6.42 Å². The van der Waals surface area contributed by atoms with Gasteiger partial charge in [0, 0.05) is 30.2 Å². The van der Waals surface area contributed by atoms with Crippen LogP contribution in [0.2, 0.25) is 0 Å². The molecule has 1 unspecified atom stereocenters. The van der Waals surface area contributed by atoms with Crippen LogP contribution in [0.15, 0.2) is 18.2 Å². The molecule has 1 aromatic carbocycles. The van der Waals surface area contributed by atoms with Crippen LogP contribution in [0.3, 0.4) is 0 Å². The lowest BCUT2D eigenvalue weighted by molar-refractivity contribution is 0.154. The van der Waals surface area contributed by atoms with Crippen LogP contribution in [0.25, 0.3) is 0 Å². The molecule has 2 heterocycles. The number of hydrogen-bond acceptors (Lipinski definition) is 3. The second-order valence-corrected chi connectivity index (χ2v) is 6.91. The van der Waals surface area contributed by atoms with Crippen molar-refractivity contribution in [1.29, 1.82) is 0 Å². The molecule has 1 atom stereocenters. The van der Waals surface area contributed by atoms with Crippen molar-refractivity contribution >= 4 is 5.69 Å². The zero-order valence-corrected chi connectivity index (χ0v) is 12.9. The van der Waals surface area contributed by atoms with Crippen molar-refractivity contribution < 1.29 is 4.74 Å². The van der Waals surface area contributed by atoms with Crippen molar-refractivity contribution in [2.75, 3.05) is 31.6 Å². The van der Waals surface area contributed by atoms with Gasteiger partial charge in [0.2, 0.25) is 0 Å². The van der Waals surface area contributed by atoms with Crippen LogP contribution in [-0.4, -0.2) is 37.2 Å². The molecule has 0 aliphatic carbocycles. The fraction of sp³-hybridized carbons (Fsp3) is 0.647. The summed E-state index contributed by atoms with van der Waals surface area (Å²) >= 11 is 0. The Morgan fingerprint density at radius 3 is 3.00 bits per heavy atom. The zero-order valence-electron chi connectivity index (χ0n) is 12.9. The third-order valence-electron chi connectivity index (χ3n) is 4.69. The van der Waals surface area contributed by atoms with Gasteiger partial charge in [0.05, 0.1) is 6.61 Å². The Balaban J connectivity index is 1.59. The van der Waals surface area contributed by atoms with Crippen LogP contribution in [0.4, 0.5) is 5.69 Å². The largest absolute Gasteiger partial charge is 0.493 e. The van der Waals surface area contributed by atoms with E-state index in [4.69, 9.17) is 4.74 Å². The highest BCUT2D eigenvalue weighted by atomic mass is 16.5. The first kappa shape index (κ1) is 13.7. The van der Waals surface area contributed by atoms with Gasteiger partial charge in [-0.15, -0.1) is 0 Å². The predicted molar refractivity (Wildman–Crippen MR) is 83.6 cm³/mol. The van der Waals surface area contributed by atoms with E-state index in [0.717, 1.165) is 31.9 Å². The first-order valence-electron chi connectivity index (χ1n) is 7.79. The van der Waals surface area contributed by atoms with Gasteiger partial charge in [-0.3, -0.25) is 0 Å². The minimum Gasteiger partial charge on any atom is -0.493 e. The maximum absolute atomic E-state index is 6.09. The molecule has 3 nitrogen and oxygen atoms in total. The Kier molecular flexibility index (Phi) is 3.63. The van der Waals surface area contributed by atoms with E-state index in [1.54, 1.807) is 0 Å². The summed E-state index contributed by atoms with van der Waals surface area (Å²) in [4.78, 5) is 2.55. The average Bonchev–Trinajstić information content (AvgIpc) is 3.03. The van der Waals surface area contributed by atoms with E-state index in [1.165, 1.54) is 24.2 Å². The lowest BCUT2D eigenvalue weighted by Crippen LogP contribution is -2.33. The number of nitrogens with one attached hydrogen (secondary N) is 1. The summed E-state index contributed by atoms with van der Waals surface area (Å²) in [7, 11) is 0. The molecule has 20 heavy (non-hydrogen) atoms.